The van der Waals surface area contributed by atoms with Gasteiger partial charge in [0.1, 0.15) is 0 Å². The quantitative estimate of drug-likeness (QED) is 0.728. The zero-order valence-electron chi connectivity index (χ0n) is 9.70. The van der Waals surface area contributed by atoms with Gasteiger partial charge in [-0.15, -0.1) is 0 Å². The summed E-state index contributed by atoms with van der Waals surface area (Å²) in [6.45, 7) is 5.07. The van der Waals surface area contributed by atoms with Crippen LogP contribution in [0.4, 0.5) is 0 Å². The average Bonchev–Trinajstić information content (AvgIpc) is 2.29. The van der Waals surface area contributed by atoms with Crippen molar-refractivity contribution in [3.05, 3.63) is 35.4 Å². The van der Waals surface area contributed by atoms with Crippen LogP contribution in [0.25, 0.3) is 0 Å². The van der Waals surface area contributed by atoms with Gasteiger partial charge in [-0.25, -0.2) is 5.90 Å². The van der Waals surface area contributed by atoms with Crippen LogP contribution in [-0.2, 0) is 11.3 Å². The van der Waals surface area contributed by atoms with Crippen LogP contribution in [0.3, 0.4) is 0 Å². The lowest BCUT2D eigenvalue weighted by molar-refractivity contribution is 0.141. The molecule has 0 fully saturated rings. The van der Waals surface area contributed by atoms with E-state index < -0.39 is 0 Å². The first-order valence-electron chi connectivity index (χ1n) is 5.72. The minimum atomic E-state index is 0.590. The smallest absolute Gasteiger partial charge is 0.0719 e. The SMILES string of the molecule is CCC(CC)c1cccc(CCON)c1. The molecule has 1 aromatic rings. The lowest BCUT2D eigenvalue weighted by Gasteiger charge is -2.13. The standard InChI is InChI=1S/C13H21NO/c1-3-12(4-2)13-7-5-6-11(10-13)8-9-15-14/h5-7,10,12H,3-4,8-9,14H2,1-2H3. The van der Waals surface area contributed by atoms with Gasteiger partial charge in [-0.1, -0.05) is 38.1 Å². The maximum absolute atomic E-state index is 5.03. The van der Waals surface area contributed by atoms with E-state index in [0.717, 1.165) is 6.42 Å². The van der Waals surface area contributed by atoms with Crippen molar-refractivity contribution in [2.45, 2.75) is 39.0 Å². The number of nitrogens with two attached hydrogens (primary N) is 1. The van der Waals surface area contributed by atoms with Crippen LogP contribution < -0.4 is 5.90 Å². The van der Waals surface area contributed by atoms with Crippen molar-refractivity contribution in [1.82, 2.24) is 0 Å². The normalized spacial score (nSPS) is 10.9. The molecule has 15 heavy (non-hydrogen) atoms. The van der Waals surface area contributed by atoms with E-state index in [2.05, 4.69) is 43.0 Å². The van der Waals surface area contributed by atoms with E-state index in [9.17, 15) is 0 Å². The maximum atomic E-state index is 5.03. The highest BCUT2D eigenvalue weighted by atomic mass is 16.6. The Labute approximate surface area is 92.4 Å². The Morgan fingerprint density at radius 1 is 1.27 bits per heavy atom. The van der Waals surface area contributed by atoms with Gasteiger partial charge >= 0.3 is 0 Å². The molecule has 2 N–H and O–H groups in total. The average molecular weight is 207 g/mol. The van der Waals surface area contributed by atoms with E-state index in [1.807, 2.05) is 0 Å². The molecular formula is C13H21NO. The van der Waals surface area contributed by atoms with Gasteiger partial charge in [0, 0.05) is 0 Å². The second-order valence-corrected chi connectivity index (χ2v) is 3.88. The Hall–Kier alpha value is -0.860. The molecule has 0 amide bonds. The van der Waals surface area contributed by atoms with Gasteiger partial charge in [-0.2, -0.15) is 0 Å². The minimum absolute atomic E-state index is 0.590. The van der Waals surface area contributed by atoms with Crippen molar-refractivity contribution >= 4 is 0 Å². The molecule has 0 saturated heterocycles. The third-order valence-corrected chi connectivity index (χ3v) is 2.92. The van der Waals surface area contributed by atoms with Gasteiger partial charge in [-0.3, -0.25) is 0 Å². The van der Waals surface area contributed by atoms with Crippen molar-refractivity contribution in [2.24, 2.45) is 5.90 Å². The molecule has 0 atom stereocenters. The molecule has 0 heterocycles. The molecule has 0 saturated carbocycles. The highest BCUT2D eigenvalue weighted by Crippen LogP contribution is 2.23. The lowest BCUT2D eigenvalue weighted by Crippen LogP contribution is -2.04. The van der Waals surface area contributed by atoms with E-state index in [1.54, 1.807) is 0 Å². The predicted octanol–water partition coefficient (Wildman–Crippen LogP) is 3.02. The van der Waals surface area contributed by atoms with Crippen molar-refractivity contribution in [2.75, 3.05) is 6.61 Å². The fourth-order valence-electron chi connectivity index (χ4n) is 1.94. The summed E-state index contributed by atoms with van der Waals surface area (Å²) in [7, 11) is 0. The summed E-state index contributed by atoms with van der Waals surface area (Å²) in [5.41, 5.74) is 2.75. The first-order chi connectivity index (χ1) is 7.31. The number of hydrogen-bond donors (Lipinski definition) is 1. The largest absolute Gasteiger partial charge is 0.304 e. The van der Waals surface area contributed by atoms with Crippen LogP contribution in [0.5, 0.6) is 0 Å². The molecule has 0 aliphatic carbocycles. The predicted molar refractivity (Wildman–Crippen MR) is 63.6 cm³/mol. The monoisotopic (exact) mass is 207 g/mol. The molecule has 0 unspecified atom stereocenters. The van der Waals surface area contributed by atoms with Crippen LogP contribution in [0.2, 0.25) is 0 Å². The second kappa shape index (κ2) is 6.59. The Morgan fingerprint density at radius 2 is 2.00 bits per heavy atom. The van der Waals surface area contributed by atoms with Crippen LogP contribution in [0.1, 0.15) is 43.7 Å². The summed E-state index contributed by atoms with van der Waals surface area (Å²) in [6.07, 6.45) is 3.30. The lowest BCUT2D eigenvalue weighted by atomic mass is 9.92. The fraction of sp³-hybridized carbons (Fsp3) is 0.538. The summed E-state index contributed by atoms with van der Waals surface area (Å²) in [5.74, 6) is 5.71. The van der Waals surface area contributed by atoms with Gasteiger partial charge < -0.3 is 4.84 Å². The van der Waals surface area contributed by atoms with E-state index in [0.29, 0.717) is 12.5 Å². The van der Waals surface area contributed by atoms with E-state index >= 15 is 0 Å². The van der Waals surface area contributed by atoms with E-state index in [-0.39, 0.29) is 0 Å². The molecule has 0 spiro atoms. The summed E-state index contributed by atoms with van der Waals surface area (Å²) < 4.78 is 0. The Balaban J connectivity index is 2.72. The third-order valence-electron chi connectivity index (χ3n) is 2.92. The number of benzene rings is 1. The maximum Gasteiger partial charge on any atom is 0.0719 e. The highest BCUT2D eigenvalue weighted by molar-refractivity contribution is 5.26. The Kier molecular flexibility index (Phi) is 5.37. The molecule has 2 heteroatoms. The number of hydrogen-bond acceptors (Lipinski definition) is 2. The molecule has 1 aromatic carbocycles. The van der Waals surface area contributed by atoms with Crippen molar-refractivity contribution < 1.29 is 4.84 Å². The summed E-state index contributed by atoms with van der Waals surface area (Å²) in [6, 6.07) is 8.74. The molecule has 0 radical (unpaired) electrons. The zero-order chi connectivity index (χ0) is 11.1. The molecular weight excluding hydrogens is 186 g/mol. The zero-order valence-corrected chi connectivity index (χ0v) is 9.70. The summed E-state index contributed by atoms with van der Waals surface area (Å²) >= 11 is 0. The van der Waals surface area contributed by atoms with Crippen molar-refractivity contribution in [1.29, 1.82) is 0 Å². The van der Waals surface area contributed by atoms with Gasteiger partial charge in [0.2, 0.25) is 0 Å². The molecule has 0 aliphatic rings. The third kappa shape index (κ3) is 3.65. The summed E-state index contributed by atoms with van der Waals surface area (Å²) in [5, 5.41) is 0. The second-order valence-electron chi connectivity index (χ2n) is 3.88. The van der Waals surface area contributed by atoms with Crippen molar-refractivity contribution in [3.8, 4) is 0 Å². The van der Waals surface area contributed by atoms with Gasteiger partial charge in [-0.05, 0) is 36.3 Å². The first-order valence-corrected chi connectivity index (χ1v) is 5.72. The van der Waals surface area contributed by atoms with E-state index in [4.69, 9.17) is 5.90 Å². The van der Waals surface area contributed by atoms with Gasteiger partial charge in [0.25, 0.3) is 0 Å². The van der Waals surface area contributed by atoms with Crippen LogP contribution in [0.15, 0.2) is 24.3 Å². The minimum Gasteiger partial charge on any atom is -0.304 e. The molecule has 1 rings (SSSR count). The Bertz CT molecular complexity index is 282. The highest BCUT2D eigenvalue weighted by Gasteiger charge is 2.06. The van der Waals surface area contributed by atoms with Gasteiger partial charge in [0.05, 0.1) is 6.61 Å². The van der Waals surface area contributed by atoms with Gasteiger partial charge in [0.15, 0.2) is 0 Å². The topological polar surface area (TPSA) is 35.2 Å². The van der Waals surface area contributed by atoms with Crippen LogP contribution >= 0.6 is 0 Å². The van der Waals surface area contributed by atoms with Crippen molar-refractivity contribution in [3.63, 3.8) is 0 Å². The van der Waals surface area contributed by atoms with E-state index in [1.165, 1.54) is 24.0 Å². The molecule has 0 bridgehead atoms. The summed E-state index contributed by atoms with van der Waals surface area (Å²) in [4.78, 5) is 4.60. The molecule has 0 aromatic heterocycles. The molecule has 2 nitrogen and oxygen atoms in total. The molecule has 0 aliphatic heterocycles. The fourth-order valence-corrected chi connectivity index (χ4v) is 1.94. The Morgan fingerprint density at radius 3 is 2.60 bits per heavy atom. The number of rotatable bonds is 6. The van der Waals surface area contributed by atoms with Crippen LogP contribution in [-0.4, -0.2) is 6.61 Å². The first kappa shape index (κ1) is 12.2. The van der Waals surface area contributed by atoms with Crippen LogP contribution in [0, 0.1) is 0 Å². The molecule has 84 valence electrons.